The van der Waals surface area contributed by atoms with Gasteiger partial charge in [0.1, 0.15) is 5.82 Å². The zero-order valence-corrected chi connectivity index (χ0v) is 12.8. The van der Waals surface area contributed by atoms with E-state index >= 15 is 0 Å². The highest BCUT2D eigenvalue weighted by Crippen LogP contribution is 2.23. The molecule has 20 heavy (non-hydrogen) atoms. The second-order valence-corrected chi connectivity index (χ2v) is 6.13. The van der Waals surface area contributed by atoms with Gasteiger partial charge in [0, 0.05) is 29.3 Å². The van der Waals surface area contributed by atoms with Crippen LogP contribution in [0.15, 0.2) is 17.2 Å². The Balaban J connectivity index is 2.54. The first-order valence-electron chi connectivity index (χ1n) is 6.97. The van der Waals surface area contributed by atoms with Crippen molar-refractivity contribution >= 4 is 0 Å². The van der Waals surface area contributed by atoms with E-state index in [1.165, 1.54) is 0 Å². The Labute approximate surface area is 119 Å². The second kappa shape index (κ2) is 5.23. The predicted octanol–water partition coefficient (Wildman–Crippen LogP) is 2.65. The summed E-state index contributed by atoms with van der Waals surface area (Å²) >= 11 is 0. The topological polar surface area (TPSA) is 63.6 Å². The summed E-state index contributed by atoms with van der Waals surface area (Å²) in [5.41, 5.74) is 1.98. The first-order chi connectivity index (χ1) is 9.32. The lowest BCUT2D eigenvalue weighted by Crippen LogP contribution is -2.24. The van der Waals surface area contributed by atoms with Gasteiger partial charge in [0.05, 0.1) is 11.9 Å². The quantitative estimate of drug-likeness (QED) is 0.935. The van der Waals surface area contributed by atoms with Crippen molar-refractivity contribution in [3.63, 3.8) is 0 Å². The smallest absolute Gasteiger partial charge is 0.254 e. The fraction of sp³-hybridized carbons (Fsp3) is 0.533. The lowest BCUT2D eigenvalue weighted by atomic mass is 9.95. The van der Waals surface area contributed by atoms with E-state index in [0.29, 0.717) is 11.4 Å². The first kappa shape index (κ1) is 14.5. The fourth-order valence-electron chi connectivity index (χ4n) is 2.01. The SMILES string of the molecule is CCCn1cc(-c2nc(C(C)(C)C)[nH]c(=O)c2C)cn1. The summed E-state index contributed by atoms with van der Waals surface area (Å²) in [7, 11) is 0. The van der Waals surface area contributed by atoms with Crippen LogP contribution in [0.25, 0.3) is 11.3 Å². The zero-order valence-electron chi connectivity index (χ0n) is 12.8. The summed E-state index contributed by atoms with van der Waals surface area (Å²) in [4.78, 5) is 19.6. The maximum absolute atomic E-state index is 12.1. The molecule has 108 valence electrons. The molecule has 0 unspecified atom stereocenters. The van der Waals surface area contributed by atoms with Crippen LogP contribution in [0.1, 0.15) is 45.5 Å². The van der Waals surface area contributed by atoms with Crippen LogP contribution in [0.2, 0.25) is 0 Å². The van der Waals surface area contributed by atoms with Crippen molar-refractivity contribution in [2.75, 3.05) is 0 Å². The van der Waals surface area contributed by atoms with Crippen molar-refractivity contribution in [1.29, 1.82) is 0 Å². The van der Waals surface area contributed by atoms with Gasteiger partial charge in [-0.3, -0.25) is 9.48 Å². The molecule has 2 heterocycles. The minimum atomic E-state index is -0.193. The second-order valence-electron chi connectivity index (χ2n) is 6.13. The van der Waals surface area contributed by atoms with Crippen molar-refractivity contribution < 1.29 is 0 Å². The zero-order chi connectivity index (χ0) is 14.9. The summed E-state index contributed by atoms with van der Waals surface area (Å²) in [6.45, 7) is 10.9. The molecule has 0 atom stereocenters. The Kier molecular flexibility index (Phi) is 3.79. The molecule has 2 rings (SSSR count). The van der Waals surface area contributed by atoms with Gasteiger partial charge < -0.3 is 4.98 Å². The van der Waals surface area contributed by atoms with E-state index in [1.807, 2.05) is 31.6 Å². The molecule has 5 nitrogen and oxygen atoms in total. The molecular formula is C15H22N4O. The number of hydrogen-bond acceptors (Lipinski definition) is 3. The molecule has 1 N–H and O–H groups in total. The molecule has 0 amide bonds. The Morgan fingerprint density at radius 2 is 2.05 bits per heavy atom. The summed E-state index contributed by atoms with van der Waals surface area (Å²) in [6.07, 6.45) is 4.75. The van der Waals surface area contributed by atoms with Crippen LogP contribution in [0.5, 0.6) is 0 Å². The highest BCUT2D eigenvalue weighted by molar-refractivity contribution is 5.60. The van der Waals surface area contributed by atoms with Gasteiger partial charge in [0.15, 0.2) is 0 Å². The maximum atomic E-state index is 12.1. The molecule has 0 saturated carbocycles. The van der Waals surface area contributed by atoms with Crippen molar-refractivity contribution in [3.05, 3.63) is 34.1 Å². The molecule has 0 aliphatic carbocycles. The van der Waals surface area contributed by atoms with Crippen molar-refractivity contribution in [1.82, 2.24) is 19.7 Å². The number of hydrogen-bond donors (Lipinski definition) is 1. The minimum Gasteiger partial charge on any atom is -0.310 e. The van der Waals surface area contributed by atoms with E-state index in [-0.39, 0.29) is 11.0 Å². The van der Waals surface area contributed by atoms with Gasteiger partial charge in [-0.15, -0.1) is 0 Å². The Hall–Kier alpha value is -1.91. The van der Waals surface area contributed by atoms with Gasteiger partial charge in [-0.05, 0) is 13.3 Å². The molecule has 2 aromatic heterocycles. The molecule has 2 aromatic rings. The van der Waals surface area contributed by atoms with Crippen LogP contribution < -0.4 is 5.56 Å². The third-order valence-corrected chi connectivity index (χ3v) is 3.22. The monoisotopic (exact) mass is 274 g/mol. The van der Waals surface area contributed by atoms with E-state index < -0.39 is 0 Å². The number of aromatic nitrogens is 4. The van der Waals surface area contributed by atoms with Crippen molar-refractivity contribution in [2.24, 2.45) is 0 Å². The molecule has 0 radical (unpaired) electrons. The molecule has 0 fully saturated rings. The van der Waals surface area contributed by atoms with Crippen molar-refractivity contribution in [3.8, 4) is 11.3 Å². The third-order valence-electron chi connectivity index (χ3n) is 3.22. The molecule has 0 saturated heterocycles. The van der Waals surface area contributed by atoms with Gasteiger partial charge in [0.25, 0.3) is 5.56 Å². The number of aromatic amines is 1. The number of aryl methyl sites for hydroxylation is 1. The molecule has 0 aromatic carbocycles. The Bertz CT molecular complexity index is 661. The van der Waals surface area contributed by atoms with Crippen LogP contribution in [-0.2, 0) is 12.0 Å². The van der Waals surface area contributed by atoms with Crippen LogP contribution in [0.4, 0.5) is 0 Å². The van der Waals surface area contributed by atoms with Gasteiger partial charge in [-0.1, -0.05) is 27.7 Å². The fourth-order valence-corrected chi connectivity index (χ4v) is 2.01. The minimum absolute atomic E-state index is 0.0804. The first-order valence-corrected chi connectivity index (χ1v) is 6.97. The van der Waals surface area contributed by atoms with E-state index in [1.54, 1.807) is 13.1 Å². The normalized spacial score (nSPS) is 11.8. The Morgan fingerprint density at radius 3 is 2.65 bits per heavy atom. The average molecular weight is 274 g/mol. The molecular weight excluding hydrogens is 252 g/mol. The average Bonchev–Trinajstić information content (AvgIpc) is 2.80. The molecule has 0 spiro atoms. The summed E-state index contributed by atoms with van der Waals surface area (Å²) in [5.74, 6) is 0.700. The Morgan fingerprint density at radius 1 is 1.35 bits per heavy atom. The number of nitrogens with one attached hydrogen (secondary N) is 1. The summed E-state index contributed by atoms with van der Waals surface area (Å²) in [5, 5.41) is 4.31. The van der Waals surface area contributed by atoms with E-state index in [4.69, 9.17) is 0 Å². The standard InChI is InChI=1S/C15H22N4O/c1-6-7-19-9-11(8-16-19)12-10(2)13(20)18-14(17-12)15(3,4)5/h8-9H,6-7H2,1-5H3,(H,17,18,20). The van der Waals surface area contributed by atoms with Crippen molar-refractivity contribution in [2.45, 2.75) is 53.0 Å². The van der Waals surface area contributed by atoms with Gasteiger partial charge in [0.2, 0.25) is 0 Å². The van der Waals surface area contributed by atoms with Gasteiger partial charge >= 0.3 is 0 Å². The summed E-state index contributed by atoms with van der Waals surface area (Å²) in [6, 6.07) is 0. The third kappa shape index (κ3) is 2.81. The number of nitrogens with zero attached hydrogens (tertiary/aromatic N) is 3. The lowest BCUT2D eigenvalue weighted by molar-refractivity contribution is 0.542. The van der Waals surface area contributed by atoms with E-state index in [2.05, 4.69) is 22.0 Å². The van der Waals surface area contributed by atoms with Crippen LogP contribution in [0.3, 0.4) is 0 Å². The van der Waals surface area contributed by atoms with Gasteiger partial charge in [-0.2, -0.15) is 5.10 Å². The van der Waals surface area contributed by atoms with Crippen LogP contribution >= 0.6 is 0 Å². The maximum Gasteiger partial charge on any atom is 0.254 e. The highest BCUT2D eigenvalue weighted by Gasteiger charge is 2.20. The largest absolute Gasteiger partial charge is 0.310 e. The molecule has 0 aliphatic rings. The number of rotatable bonds is 3. The van der Waals surface area contributed by atoms with E-state index in [9.17, 15) is 4.79 Å². The van der Waals surface area contributed by atoms with Crippen LogP contribution in [0, 0.1) is 6.92 Å². The highest BCUT2D eigenvalue weighted by atomic mass is 16.1. The number of H-pyrrole nitrogens is 1. The van der Waals surface area contributed by atoms with Crippen LogP contribution in [-0.4, -0.2) is 19.7 Å². The van der Waals surface area contributed by atoms with E-state index in [0.717, 1.165) is 24.2 Å². The molecule has 0 aliphatic heterocycles. The van der Waals surface area contributed by atoms with Gasteiger partial charge in [-0.25, -0.2) is 4.98 Å². The lowest BCUT2D eigenvalue weighted by Gasteiger charge is -2.18. The predicted molar refractivity (Wildman–Crippen MR) is 79.8 cm³/mol. The summed E-state index contributed by atoms with van der Waals surface area (Å²) < 4.78 is 1.88. The molecule has 0 bridgehead atoms. The molecule has 5 heteroatoms.